The molecule has 6 heteroatoms. The van der Waals surface area contributed by atoms with Crippen LogP contribution >= 0.6 is 11.6 Å². The Labute approximate surface area is 144 Å². The summed E-state index contributed by atoms with van der Waals surface area (Å²) in [5, 5.41) is 10.4. The number of halogens is 1. The van der Waals surface area contributed by atoms with Crippen molar-refractivity contribution in [2.45, 2.75) is 6.92 Å². The topological polar surface area (TPSA) is 46.3 Å². The Hall–Kier alpha value is -2.66. The molecule has 2 aromatic carbocycles. The first-order valence-electron chi connectivity index (χ1n) is 7.63. The second-order valence-corrected chi connectivity index (χ2v) is 6.46. The van der Waals surface area contributed by atoms with Crippen molar-refractivity contribution in [2.24, 2.45) is 0 Å². The molecule has 24 heavy (non-hydrogen) atoms. The van der Waals surface area contributed by atoms with Crippen molar-refractivity contribution in [3.8, 4) is 11.4 Å². The smallest absolute Gasteiger partial charge is 0.213 e. The number of nitrogens with zero attached hydrogens (tertiary/aromatic N) is 5. The van der Waals surface area contributed by atoms with Gasteiger partial charge in [0.1, 0.15) is 0 Å². The molecule has 0 aliphatic rings. The molecule has 2 heterocycles. The van der Waals surface area contributed by atoms with Crippen LogP contribution in [0, 0.1) is 6.92 Å². The molecule has 0 amide bonds. The number of hydrogen-bond donors (Lipinski definition) is 0. The van der Waals surface area contributed by atoms with Crippen LogP contribution in [0.2, 0.25) is 5.02 Å². The van der Waals surface area contributed by atoms with Gasteiger partial charge in [0.15, 0.2) is 11.5 Å². The second-order valence-electron chi connectivity index (χ2n) is 6.02. The fraction of sp³-hybridized carbons (Fsp3) is 0.167. The van der Waals surface area contributed by atoms with E-state index >= 15 is 0 Å². The number of rotatable bonds is 2. The van der Waals surface area contributed by atoms with E-state index < -0.39 is 0 Å². The lowest BCUT2D eigenvalue weighted by Crippen LogP contribution is -2.15. The summed E-state index contributed by atoms with van der Waals surface area (Å²) in [6, 6.07) is 13.9. The molecule has 0 saturated carbocycles. The maximum absolute atomic E-state index is 6.12. The van der Waals surface area contributed by atoms with Gasteiger partial charge in [-0.3, -0.25) is 0 Å². The standard InChI is InChI=1S/C18H16ClN5/c1-11-5-4-6-12(9-11)16-21-22-17-14-8-7-13(19)10-15(14)20-18(23(2)3)24(16)17/h4-10H,1-3H3. The summed E-state index contributed by atoms with van der Waals surface area (Å²) in [5.41, 5.74) is 3.77. The van der Waals surface area contributed by atoms with Crippen LogP contribution in [0.3, 0.4) is 0 Å². The normalized spacial score (nSPS) is 11.3. The Balaban J connectivity index is 2.12. The van der Waals surface area contributed by atoms with Gasteiger partial charge in [-0.1, -0.05) is 35.4 Å². The van der Waals surface area contributed by atoms with Crippen molar-refractivity contribution in [1.29, 1.82) is 0 Å². The van der Waals surface area contributed by atoms with Gasteiger partial charge in [-0.05, 0) is 31.2 Å². The SMILES string of the molecule is Cc1cccc(-c2nnc3c4ccc(Cl)cc4nc(N(C)C)n23)c1. The average molecular weight is 338 g/mol. The Kier molecular flexibility index (Phi) is 3.39. The fourth-order valence-electron chi connectivity index (χ4n) is 2.86. The molecule has 4 aromatic rings. The van der Waals surface area contributed by atoms with E-state index in [9.17, 15) is 0 Å². The lowest BCUT2D eigenvalue weighted by molar-refractivity contribution is 0.976. The highest BCUT2D eigenvalue weighted by Gasteiger charge is 2.17. The van der Waals surface area contributed by atoms with E-state index in [0.717, 1.165) is 33.9 Å². The quantitative estimate of drug-likeness (QED) is 0.555. The second kappa shape index (κ2) is 5.46. The zero-order valence-corrected chi connectivity index (χ0v) is 14.4. The van der Waals surface area contributed by atoms with Crippen molar-refractivity contribution in [1.82, 2.24) is 19.6 Å². The molecular weight excluding hydrogens is 322 g/mol. The summed E-state index contributed by atoms with van der Waals surface area (Å²) in [4.78, 5) is 6.72. The summed E-state index contributed by atoms with van der Waals surface area (Å²) in [6.45, 7) is 2.06. The van der Waals surface area contributed by atoms with Crippen LogP contribution in [0.1, 0.15) is 5.56 Å². The molecule has 0 aliphatic heterocycles. The molecule has 0 unspecified atom stereocenters. The van der Waals surface area contributed by atoms with E-state index in [1.54, 1.807) is 0 Å². The van der Waals surface area contributed by atoms with Crippen LogP contribution in [0.5, 0.6) is 0 Å². The molecule has 5 nitrogen and oxygen atoms in total. The van der Waals surface area contributed by atoms with Gasteiger partial charge in [0.05, 0.1) is 5.52 Å². The van der Waals surface area contributed by atoms with Gasteiger partial charge in [-0.2, -0.15) is 0 Å². The number of fused-ring (bicyclic) bond motifs is 3. The van der Waals surface area contributed by atoms with Crippen molar-refractivity contribution in [3.05, 3.63) is 53.1 Å². The van der Waals surface area contributed by atoms with Crippen LogP contribution in [-0.4, -0.2) is 33.7 Å². The summed E-state index contributed by atoms with van der Waals surface area (Å²) in [6.07, 6.45) is 0. The van der Waals surface area contributed by atoms with E-state index in [1.165, 1.54) is 5.56 Å². The first-order valence-corrected chi connectivity index (χ1v) is 8.01. The summed E-state index contributed by atoms with van der Waals surface area (Å²) in [5.74, 6) is 1.54. The molecule has 0 spiro atoms. The highest BCUT2D eigenvalue weighted by Crippen LogP contribution is 2.29. The summed E-state index contributed by atoms with van der Waals surface area (Å²) in [7, 11) is 3.91. The van der Waals surface area contributed by atoms with E-state index in [2.05, 4.69) is 29.3 Å². The average Bonchev–Trinajstić information content (AvgIpc) is 2.98. The van der Waals surface area contributed by atoms with E-state index in [0.29, 0.717) is 5.02 Å². The Morgan fingerprint density at radius 2 is 1.88 bits per heavy atom. The van der Waals surface area contributed by atoms with Crippen molar-refractivity contribution >= 4 is 34.1 Å². The minimum atomic E-state index is 0.655. The fourth-order valence-corrected chi connectivity index (χ4v) is 3.03. The molecule has 0 atom stereocenters. The number of aromatic nitrogens is 4. The molecule has 120 valence electrons. The van der Waals surface area contributed by atoms with Gasteiger partial charge in [0.2, 0.25) is 5.95 Å². The highest BCUT2D eigenvalue weighted by atomic mass is 35.5. The van der Waals surface area contributed by atoms with E-state index in [4.69, 9.17) is 16.6 Å². The van der Waals surface area contributed by atoms with Crippen LogP contribution in [0.4, 0.5) is 5.95 Å². The molecule has 0 bridgehead atoms. The molecule has 0 aliphatic carbocycles. The van der Waals surface area contributed by atoms with Crippen molar-refractivity contribution in [3.63, 3.8) is 0 Å². The van der Waals surface area contributed by atoms with Crippen LogP contribution in [0.15, 0.2) is 42.5 Å². The number of aryl methyl sites for hydroxylation is 1. The van der Waals surface area contributed by atoms with Gasteiger partial charge in [0.25, 0.3) is 0 Å². The van der Waals surface area contributed by atoms with E-state index in [1.807, 2.05) is 53.7 Å². The lowest BCUT2D eigenvalue weighted by Gasteiger charge is -2.16. The first-order chi connectivity index (χ1) is 11.5. The van der Waals surface area contributed by atoms with Gasteiger partial charge in [-0.25, -0.2) is 9.38 Å². The first kappa shape index (κ1) is 14.9. The maximum atomic E-state index is 6.12. The van der Waals surface area contributed by atoms with Crippen molar-refractivity contribution < 1.29 is 0 Å². The lowest BCUT2D eigenvalue weighted by atomic mass is 10.1. The van der Waals surface area contributed by atoms with Gasteiger partial charge in [0, 0.05) is 30.1 Å². The zero-order valence-electron chi connectivity index (χ0n) is 13.7. The minimum absolute atomic E-state index is 0.655. The number of anilines is 1. The van der Waals surface area contributed by atoms with Crippen LogP contribution < -0.4 is 4.90 Å². The summed E-state index contributed by atoms with van der Waals surface area (Å²) >= 11 is 6.12. The van der Waals surface area contributed by atoms with Gasteiger partial charge < -0.3 is 4.90 Å². The molecule has 0 radical (unpaired) electrons. The van der Waals surface area contributed by atoms with Crippen LogP contribution in [-0.2, 0) is 0 Å². The highest BCUT2D eigenvalue weighted by molar-refractivity contribution is 6.31. The number of hydrogen-bond acceptors (Lipinski definition) is 4. The van der Waals surface area contributed by atoms with Gasteiger partial charge in [-0.15, -0.1) is 10.2 Å². The molecule has 0 N–H and O–H groups in total. The molecule has 2 aromatic heterocycles. The molecule has 0 saturated heterocycles. The monoisotopic (exact) mass is 337 g/mol. The maximum Gasteiger partial charge on any atom is 0.213 e. The summed E-state index contributed by atoms with van der Waals surface area (Å²) < 4.78 is 1.99. The predicted octanol–water partition coefficient (Wildman–Crippen LogP) is 3.97. The largest absolute Gasteiger partial charge is 0.348 e. The molecule has 0 fully saturated rings. The Morgan fingerprint density at radius 1 is 1.04 bits per heavy atom. The van der Waals surface area contributed by atoms with E-state index in [-0.39, 0.29) is 0 Å². The zero-order chi connectivity index (χ0) is 16.8. The van der Waals surface area contributed by atoms with Crippen LogP contribution in [0.25, 0.3) is 27.9 Å². The molecule has 4 rings (SSSR count). The number of benzene rings is 2. The predicted molar refractivity (Wildman–Crippen MR) is 97.8 cm³/mol. The van der Waals surface area contributed by atoms with Crippen molar-refractivity contribution in [2.75, 3.05) is 19.0 Å². The van der Waals surface area contributed by atoms with Gasteiger partial charge >= 0.3 is 0 Å². The Bertz CT molecular complexity index is 1070. The Morgan fingerprint density at radius 3 is 2.62 bits per heavy atom. The third-order valence-electron chi connectivity index (χ3n) is 3.96. The third kappa shape index (κ3) is 2.29. The minimum Gasteiger partial charge on any atom is -0.348 e. The third-order valence-corrected chi connectivity index (χ3v) is 4.20. The molecular formula is C18H16ClN5.